The fourth-order valence-corrected chi connectivity index (χ4v) is 6.95. The van der Waals surface area contributed by atoms with Gasteiger partial charge in [-0.25, -0.2) is 8.42 Å². The summed E-state index contributed by atoms with van der Waals surface area (Å²) in [6, 6.07) is 9.35. The van der Waals surface area contributed by atoms with E-state index in [0.29, 0.717) is 48.4 Å². The van der Waals surface area contributed by atoms with Gasteiger partial charge in [0.2, 0.25) is 5.91 Å². The Balaban J connectivity index is 1.52. The summed E-state index contributed by atoms with van der Waals surface area (Å²) in [5.74, 6) is 1.24. The zero-order valence-corrected chi connectivity index (χ0v) is 19.0. The van der Waals surface area contributed by atoms with Gasteiger partial charge in [0.05, 0.1) is 12.3 Å². The summed E-state index contributed by atoms with van der Waals surface area (Å²) < 4.78 is 33.8. The van der Waals surface area contributed by atoms with Crippen LogP contribution in [0.3, 0.4) is 0 Å². The van der Waals surface area contributed by atoms with Gasteiger partial charge in [-0.05, 0) is 59.7 Å². The maximum atomic E-state index is 12.9. The second-order valence-electron chi connectivity index (χ2n) is 8.40. The molecule has 2 atom stereocenters. The van der Waals surface area contributed by atoms with Crippen LogP contribution in [0.4, 0.5) is 5.69 Å². The fraction of sp³-hybridized carbons (Fsp3) is 0.500. The molecule has 6 nitrogen and oxygen atoms in total. The van der Waals surface area contributed by atoms with E-state index < -0.39 is 10.0 Å². The van der Waals surface area contributed by atoms with Crippen LogP contribution in [0.5, 0.6) is 5.75 Å². The first-order valence-corrected chi connectivity index (χ1v) is 12.8. The van der Waals surface area contributed by atoms with Gasteiger partial charge in [-0.1, -0.05) is 26.0 Å². The Morgan fingerprint density at radius 3 is 2.77 bits per heavy atom. The second kappa shape index (κ2) is 8.69. The maximum Gasteiger partial charge on any atom is 0.252 e. The van der Waals surface area contributed by atoms with Gasteiger partial charge >= 0.3 is 0 Å². The molecule has 2 aromatic rings. The van der Waals surface area contributed by atoms with Gasteiger partial charge in [-0.15, -0.1) is 11.3 Å². The SMILES string of the molecule is CC(C)c1ccc2c(c1)NC(=O)C[C@@H]1CCN(S(=O)(=O)c3cccs3)C[C@@H]1CCO2. The van der Waals surface area contributed by atoms with Crippen molar-refractivity contribution >= 4 is 33.0 Å². The number of rotatable bonds is 3. The Morgan fingerprint density at radius 2 is 2.03 bits per heavy atom. The number of anilines is 1. The molecule has 0 spiro atoms. The molecular formula is C22H28N2O4S2. The van der Waals surface area contributed by atoms with Crippen molar-refractivity contribution in [2.75, 3.05) is 25.0 Å². The molecule has 0 radical (unpaired) electrons. The van der Waals surface area contributed by atoms with E-state index in [4.69, 9.17) is 4.74 Å². The molecule has 0 unspecified atom stereocenters. The molecule has 1 aromatic heterocycles. The smallest absolute Gasteiger partial charge is 0.252 e. The molecule has 8 heteroatoms. The summed E-state index contributed by atoms with van der Waals surface area (Å²) in [6.07, 6.45) is 1.81. The molecule has 0 saturated carbocycles. The lowest BCUT2D eigenvalue weighted by Gasteiger charge is -2.38. The number of carbonyl (C=O) groups is 1. The van der Waals surface area contributed by atoms with Crippen molar-refractivity contribution < 1.29 is 17.9 Å². The van der Waals surface area contributed by atoms with E-state index in [1.165, 1.54) is 11.3 Å². The highest BCUT2D eigenvalue weighted by atomic mass is 32.2. The van der Waals surface area contributed by atoms with Gasteiger partial charge in [-0.2, -0.15) is 4.31 Å². The number of thiophene rings is 1. The van der Waals surface area contributed by atoms with Crippen LogP contribution in [0.15, 0.2) is 39.9 Å². The Bertz CT molecular complexity index is 1000. The van der Waals surface area contributed by atoms with E-state index >= 15 is 0 Å². The number of benzene rings is 1. The van der Waals surface area contributed by atoms with E-state index in [1.54, 1.807) is 21.8 Å². The topological polar surface area (TPSA) is 75.7 Å². The number of sulfonamides is 1. The summed E-state index contributed by atoms with van der Waals surface area (Å²) >= 11 is 1.24. The van der Waals surface area contributed by atoms with Crippen molar-refractivity contribution in [2.45, 2.75) is 43.2 Å². The molecule has 0 bridgehead atoms. The molecule has 1 aromatic carbocycles. The molecule has 162 valence electrons. The minimum atomic E-state index is -3.47. The van der Waals surface area contributed by atoms with Gasteiger partial charge in [0.25, 0.3) is 10.0 Å². The third kappa shape index (κ3) is 4.40. The lowest BCUT2D eigenvalue weighted by atomic mass is 9.82. The third-order valence-electron chi connectivity index (χ3n) is 6.08. The monoisotopic (exact) mass is 448 g/mol. The van der Waals surface area contributed by atoms with E-state index in [2.05, 4.69) is 19.2 Å². The van der Waals surface area contributed by atoms with Crippen molar-refractivity contribution in [3.63, 3.8) is 0 Å². The number of nitrogens with zero attached hydrogens (tertiary/aromatic N) is 1. The van der Waals surface area contributed by atoms with Crippen LogP contribution >= 0.6 is 11.3 Å². The van der Waals surface area contributed by atoms with Crippen molar-refractivity contribution in [1.82, 2.24) is 4.31 Å². The van der Waals surface area contributed by atoms with Crippen molar-refractivity contribution in [3.8, 4) is 5.75 Å². The molecule has 2 aliphatic rings. The lowest BCUT2D eigenvalue weighted by molar-refractivity contribution is -0.117. The third-order valence-corrected chi connectivity index (χ3v) is 9.32. The zero-order valence-electron chi connectivity index (χ0n) is 17.3. The van der Waals surface area contributed by atoms with E-state index in [9.17, 15) is 13.2 Å². The second-order valence-corrected chi connectivity index (χ2v) is 11.5. The first-order chi connectivity index (χ1) is 14.3. The summed E-state index contributed by atoms with van der Waals surface area (Å²) in [6.45, 7) is 5.61. The quantitative estimate of drug-likeness (QED) is 0.759. The standard InChI is InChI=1S/C22H28N2O4S2/c1-15(2)16-5-6-20-19(12-16)23-21(25)13-17-7-9-24(14-18(17)8-10-28-20)30(26,27)22-4-3-11-29-22/h3-6,11-12,15,17-18H,7-10,13-14H2,1-2H3,(H,23,25)/t17-,18-/m0/s1. The number of amides is 1. The van der Waals surface area contributed by atoms with Crippen LogP contribution in [0.25, 0.3) is 0 Å². The molecular weight excluding hydrogens is 420 g/mol. The highest BCUT2D eigenvalue weighted by Crippen LogP contribution is 2.36. The first kappa shape index (κ1) is 21.3. The predicted octanol–water partition coefficient (Wildman–Crippen LogP) is 4.31. The first-order valence-electron chi connectivity index (χ1n) is 10.4. The van der Waals surface area contributed by atoms with Gasteiger partial charge in [0.15, 0.2) is 0 Å². The lowest BCUT2D eigenvalue weighted by Crippen LogP contribution is -2.45. The van der Waals surface area contributed by atoms with Gasteiger partial charge in [0.1, 0.15) is 9.96 Å². The van der Waals surface area contributed by atoms with Crippen LogP contribution in [-0.4, -0.2) is 38.3 Å². The summed E-state index contributed by atoms with van der Waals surface area (Å²) in [5.41, 5.74) is 1.88. The number of hydrogen-bond acceptors (Lipinski definition) is 5. The largest absolute Gasteiger partial charge is 0.491 e. The van der Waals surface area contributed by atoms with Gasteiger partial charge in [0, 0.05) is 19.5 Å². The number of hydrogen-bond donors (Lipinski definition) is 1. The molecule has 4 rings (SSSR count). The number of nitrogens with one attached hydrogen (secondary N) is 1. The molecule has 1 N–H and O–H groups in total. The Hall–Kier alpha value is -1.90. The maximum absolute atomic E-state index is 12.9. The van der Waals surface area contributed by atoms with Gasteiger partial charge in [-0.3, -0.25) is 4.79 Å². The van der Waals surface area contributed by atoms with Crippen LogP contribution < -0.4 is 10.1 Å². The molecule has 1 amide bonds. The molecule has 2 aliphatic heterocycles. The molecule has 1 fully saturated rings. The Labute approximate surface area is 182 Å². The van der Waals surface area contributed by atoms with E-state index in [-0.39, 0.29) is 17.7 Å². The fourth-order valence-electron chi connectivity index (χ4n) is 4.29. The van der Waals surface area contributed by atoms with Crippen LogP contribution in [0, 0.1) is 11.8 Å². The molecule has 30 heavy (non-hydrogen) atoms. The summed E-state index contributed by atoms with van der Waals surface area (Å²) in [5, 5.41) is 4.81. The predicted molar refractivity (Wildman–Crippen MR) is 119 cm³/mol. The van der Waals surface area contributed by atoms with Crippen LogP contribution in [-0.2, 0) is 14.8 Å². The molecule has 3 heterocycles. The Morgan fingerprint density at radius 1 is 1.20 bits per heavy atom. The molecule has 1 saturated heterocycles. The molecule has 0 aliphatic carbocycles. The highest BCUT2D eigenvalue weighted by Gasteiger charge is 2.37. The normalized spacial score (nSPS) is 23.2. The minimum Gasteiger partial charge on any atom is -0.491 e. The number of ether oxygens (including phenoxy) is 1. The van der Waals surface area contributed by atoms with Crippen molar-refractivity contribution in [1.29, 1.82) is 0 Å². The van der Waals surface area contributed by atoms with Gasteiger partial charge < -0.3 is 10.1 Å². The number of piperidine rings is 1. The number of carbonyl (C=O) groups excluding carboxylic acids is 1. The summed E-state index contributed by atoms with van der Waals surface area (Å²) in [7, 11) is -3.47. The van der Waals surface area contributed by atoms with Crippen LogP contribution in [0.2, 0.25) is 0 Å². The average molecular weight is 449 g/mol. The average Bonchev–Trinajstić information content (AvgIpc) is 3.25. The zero-order chi connectivity index (χ0) is 21.3. The highest BCUT2D eigenvalue weighted by molar-refractivity contribution is 7.91. The minimum absolute atomic E-state index is 0.0350. The Kier molecular flexibility index (Phi) is 6.18. The van der Waals surface area contributed by atoms with E-state index in [0.717, 1.165) is 17.7 Å². The van der Waals surface area contributed by atoms with Crippen molar-refractivity contribution in [3.05, 3.63) is 41.3 Å². The van der Waals surface area contributed by atoms with Crippen LogP contribution in [0.1, 0.15) is 44.6 Å². The summed E-state index contributed by atoms with van der Waals surface area (Å²) in [4.78, 5) is 12.8. The van der Waals surface area contributed by atoms with Crippen molar-refractivity contribution in [2.24, 2.45) is 11.8 Å². The van der Waals surface area contributed by atoms with E-state index in [1.807, 2.05) is 18.2 Å². The number of fused-ring (bicyclic) bond motifs is 2.